The highest BCUT2D eigenvalue weighted by atomic mass is 15.0. The molecule has 2 heterocycles. The Kier molecular flexibility index (Phi) is 7.50. The first-order valence-corrected chi connectivity index (χ1v) is 20.0. The lowest BCUT2D eigenvalue weighted by atomic mass is 9.94. The van der Waals surface area contributed by atoms with Crippen LogP contribution >= 0.6 is 0 Å². The SMILES string of the molecule is c1ccc(-c2nc(-c3ccccc3)nc(-c3ccc(-n4c5cc6ccccc6cc5c5ccc6ccccc6c54)c4cc(-c5cccc6ccccc56)ccc34)n2)cc1. The van der Waals surface area contributed by atoms with Crippen LogP contribution in [0.4, 0.5) is 0 Å². The van der Waals surface area contributed by atoms with E-state index in [4.69, 9.17) is 15.0 Å². The minimum atomic E-state index is 0.630. The van der Waals surface area contributed by atoms with Gasteiger partial charge in [0.15, 0.2) is 17.5 Å². The van der Waals surface area contributed by atoms with Crippen molar-refractivity contribution in [1.82, 2.24) is 19.5 Å². The molecule has 59 heavy (non-hydrogen) atoms. The molecule has 0 amide bonds. The van der Waals surface area contributed by atoms with Crippen molar-refractivity contribution in [1.29, 1.82) is 0 Å². The highest BCUT2D eigenvalue weighted by Crippen LogP contribution is 2.43. The summed E-state index contributed by atoms with van der Waals surface area (Å²) in [6.45, 7) is 0. The van der Waals surface area contributed by atoms with Gasteiger partial charge in [0, 0.05) is 38.2 Å². The molecule has 0 N–H and O–H groups in total. The van der Waals surface area contributed by atoms with E-state index in [1.807, 2.05) is 36.4 Å². The van der Waals surface area contributed by atoms with E-state index in [0.29, 0.717) is 17.5 Å². The van der Waals surface area contributed by atoms with Crippen molar-refractivity contribution in [3.63, 3.8) is 0 Å². The van der Waals surface area contributed by atoms with Crippen LogP contribution in [0.25, 0.3) is 116 Å². The molecule has 0 unspecified atom stereocenters. The Morgan fingerprint density at radius 3 is 1.59 bits per heavy atom. The molecule has 12 aromatic rings. The zero-order chi connectivity index (χ0) is 38.9. The molecule has 0 spiro atoms. The van der Waals surface area contributed by atoms with E-state index in [1.165, 1.54) is 54.2 Å². The van der Waals surface area contributed by atoms with E-state index in [2.05, 4.69) is 174 Å². The second kappa shape index (κ2) is 13.3. The molecule has 2 aromatic heterocycles. The molecule has 0 aliphatic rings. The minimum Gasteiger partial charge on any atom is -0.308 e. The second-order valence-electron chi connectivity index (χ2n) is 15.2. The lowest BCUT2D eigenvalue weighted by Crippen LogP contribution is -2.02. The monoisotopic (exact) mass is 750 g/mol. The summed E-state index contributed by atoms with van der Waals surface area (Å²) in [4.78, 5) is 15.4. The van der Waals surface area contributed by atoms with Crippen LogP contribution in [0.2, 0.25) is 0 Å². The average Bonchev–Trinajstić information content (AvgIpc) is 3.63. The molecule has 0 radical (unpaired) electrons. The Morgan fingerprint density at radius 1 is 0.288 bits per heavy atom. The van der Waals surface area contributed by atoms with Crippen LogP contribution in [0.3, 0.4) is 0 Å². The van der Waals surface area contributed by atoms with Gasteiger partial charge in [-0.05, 0) is 73.8 Å². The van der Waals surface area contributed by atoms with Crippen LogP contribution in [0.1, 0.15) is 0 Å². The molecular formula is C55H34N4. The molecule has 0 bridgehead atoms. The molecule has 0 saturated heterocycles. The summed E-state index contributed by atoms with van der Waals surface area (Å²) in [6, 6.07) is 73.6. The third-order valence-corrected chi connectivity index (χ3v) is 11.8. The maximum atomic E-state index is 5.21. The molecule has 12 rings (SSSR count). The lowest BCUT2D eigenvalue weighted by Gasteiger charge is -2.17. The van der Waals surface area contributed by atoms with Crippen LogP contribution in [0, 0.1) is 0 Å². The number of aromatic nitrogens is 4. The topological polar surface area (TPSA) is 43.6 Å². The van der Waals surface area contributed by atoms with Gasteiger partial charge in [0.25, 0.3) is 0 Å². The van der Waals surface area contributed by atoms with Gasteiger partial charge in [-0.15, -0.1) is 0 Å². The summed E-state index contributed by atoms with van der Waals surface area (Å²) >= 11 is 0. The van der Waals surface area contributed by atoms with Gasteiger partial charge in [-0.25, -0.2) is 15.0 Å². The summed E-state index contributed by atoms with van der Waals surface area (Å²) in [7, 11) is 0. The normalized spacial score (nSPS) is 11.7. The van der Waals surface area contributed by atoms with Crippen LogP contribution in [0.5, 0.6) is 0 Å². The Hall–Kier alpha value is -7.95. The number of nitrogens with zero attached hydrogens (tertiary/aromatic N) is 4. The van der Waals surface area contributed by atoms with Crippen molar-refractivity contribution < 1.29 is 0 Å². The summed E-state index contributed by atoms with van der Waals surface area (Å²) in [5.41, 5.74) is 8.62. The quantitative estimate of drug-likeness (QED) is 0.176. The van der Waals surface area contributed by atoms with Gasteiger partial charge in [0.05, 0.1) is 16.7 Å². The minimum absolute atomic E-state index is 0.630. The van der Waals surface area contributed by atoms with Crippen molar-refractivity contribution in [3.8, 4) is 51.0 Å². The summed E-state index contributed by atoms with van der Waals surface area (Å²) < 4.78 is 2.50. The first-order valence-electron chi connectivity index (χ1n) is 20.0. The Balaban J connectivity index is 1.20. The molecule has 0 aliphatic carbocycles. The van der Waals surface area contributed by atoms with Crippen LogP contribution in [0.15, 0.2) is 206 Å². The molecule has 274 valence electrons. The first-order chi connectivity index (χ1) is 29.2. The number of hydrogen-bond acceptors (Lipinski definition) is 3. The smallest absolute Gasteiger partial charge is 0.164 e. The maximum Gasteiger partial charge on any atom is 0.164 e. The van der Waals surface area contributed by atoms with Gasteiger partial charge in [-0.3, -0.25) is 0 Å². The molecule has 4 heteroatoms. The third kappa shape index (κ3) is 5.42. The van der Waals surface area contributed by atoms with E-state index in [0.717, 1.165) is 44.2 Å². The van der Waals surface area contributed by atoms with Crippen molar-refractivity contribution in [3.05, 3.63) is 206 Å². The van der Waals surface area contributed by atoms with E-state index in [1.54, 1.807) is 0 Å². The van der Waals surface area contributed by atoms with Gasteiger partial charge >= 0.3 is 0 Å². The number of hydrogen-bond donors (Lipinski definition) is 0. The van der Waals surface area contributed by atoms with Gasteiger partial charge in [0.2, 0.25) is 0 Å². The molecular weight excluding hydrogens is 717 g/mol. The van der Waals surface area contributed by atoms with Crippen molar-refractivity contribution in [2.24, 2.45) is 0 Å². The fraction of sp³-hybridized carbons (Fsp3) is 0. The van der Waals surface area contributed by atoms with Crippen molar-refractivity contribution >= 4 is 64.9 Å². The van der Waals surface area contributed by atoms with E-state index in [9.17, 15) is 0 Å². The van der Waals surface area contributed by atoms with E-state index in [-0.39, 0.29) is 0 Å². The third-order valence-electron chi connectivity index (χ3n) is 11.8. The highest BCUT2D eigenvalue weighted by Gasteiger charge is 2.21. The van der Waals surface area contributed by atoms with Crippen LogP contribution < -0.4 is 0 Å². The summed E-state index contributed by atoms with van der Waals surface area (Å²) in [5, 5.41) is 11.9. The average molecular weight is 751 g/mol. The summed E-state index contributed by atoms with van der Waals surface area (Å²) in [5.74, 6) is 1.91. The number of benzene rings is 10. The Morgan fingerprint density at radius 2 is 0.864 bits per heavy atom. The molecule has 0 aliphatic heterocycles. The van der Waals surface area contributed by atoms with Gasteiger partial charge in [-0.2, -0.15) is 0 Å². The molecule has 0 fully saturated rings. The number of rotatable bonds is 5. The fourth-order valence-electron chi connectivity index (χ4n) is 9.01. The predicted octanol–water partition coefficient (Wildman–Crippen LogP) is 14.2. The Labute approximate surface area is 340 Å². The van der Waals surface area contributed by atoms with Crippen molar-refractivity contribution in [2.75, 3.05) is 0 Å². The number of fused-ring (bicyclic) bond motifs is 8. The highest BCUT2D eigenvalue weighted by molar-refractivity contribution is 6.21. The van der Waals surface area contributed by atoms with E-state index >= 15 is 0 Å². The molecule has 10 aromatic carbocycles. The zero-order valence-electron chi connectivity index (χ0n) is 31.9. The first kappa shape index (κ1) is 33.2. The zero-order valence-corrected chi connectivity index (χ0v) is 31.9. The summed E-state index contributed by atoms with van der Waals surface area (Å²) in [6.07, 6.45) is 0. The second-order valence-corrected chi connectivity index (χ2v) is 15.2. The Bertz CT molecular complexity index is 3540. The van der Waals surface area contributed by atoms with Crippen LogP contribution in [-0.2, 0) is 0 Å². The van der Waals surface area contributed by atoms with E-state index < -0.39 is 0 Å². The van der Waals surface area contributed by atoms with Crippen molar-refractivity contribution in [2.45, 2.75) is 0 Å². The van der Waals surface area contributed by atoms with Crippen LogP contribution in [-0.4, -0.2) is 19.5 Å². The molecule has 0 saturated carbocycles. The van der Waals surface area contributed by atoms with Gasteiger partial charge in [-0.1, -0.05) is 176 Å². The predicted molar refractivity (Wildman–Crippen MR) is 246 cm³/mol. The fourth-order valence-corrected chi connectivity index (χ4v) is 9.01. The largest absolute Gasteiger partial charge is 0.308 e. The molecule has 4 nitrogen and oxygen atoms in total. The van der Waals surface area contributed by atoms with Gasteiger partial charge in [0.1, 0.15) is 0 Å². The van der Waals surface area contributed by atoms with Gasteiger partial charge < -0.3 is 4.57 Å². The maximum absolute atomic E-state index is 5.21. The molecule has 0 atom stereocenters. The standard InChI is InChI=1S/C55H34N4/c1-3-16-37(17-4-1)53-56-54(38-18-5-2-6-19-38)58-55(57-53)47-30-31-50(48-33-41(27-28-45(47)48)43-25-13-22-35-14-9-11-23-42(35)43)59-51-34-40-21-8-7-20-39(40)32-49(51)46-29-26-36-15-10-12-24-44(36)52(46)59/h1-34H. The lowest BCUT2D eigenvalue weighted by molar-refractivity contribution is 1.08.